The molecule has 0 aliphatic heterocycles. The summed E-state index contributed by atoms with van der Waals surface area (Å²) in [6.07, 6.45) is 4.61. The molecule has 0 saturated carbocycles. The second-order valence-electron chi connectivity index (χ2n) is 3.39. The highest BCUT2D eigenvalue weighted by atomic mass is 14.2. The summed E-state index contributed by atoms with van der Waals surface area (Å²) in [5, 5.41) is 8.73. The lowest BCUT2D eigenvalue weighted by Gasteiger charge is -2.07. The maximum atomic E-state index is 8.73. The van der Waals surface area contributed by atoms with Crippen molar-refractivity contribution < 1.29 is 0 Å². The molecule has 0 unspecified atom stereocenters. The van der Waals surface area contributed by atoms with Gasteiger partial charge < -0.3 is 0 Å². The van der Waals surface area contributed by atoms with E-state index in [2.05, 4.69) is 26.2 Å². The Morgan fingerprint density at radius 2 is 1.88 bits per heavy atom. The highest BCUT2D eigenvalue weighted by Gasteiger charge is 2.02. The fourth-order valence-corrected chi connectivity index (χ4v) is 1.60. The van der Waals surface area contributed by atoms with Gasteiger partial charge in [0.15, 0.2) is 0 Å². The van der Waals surface area contributed by atoms with Crippen LogP contribution in [0, 0.1) is 11.3 Å². The number of hydrogen-bond acceptors (Lipinski definition) is 1. The van der Waals surface area contributed by atoms with Crippen molar-refractivity contribution in [2.75, 3.05) is 0 Å². The molecule has 0 atom stereocenters. The zero-order valence-electron chi connectivity index (χ0n) is 9.53. The van der Waals surface area contributed by atoms with E-state index in [-0.39, 0.29) is 0 Å². The van der Waals surface area contributed by atoms with Crippen molar-refractivity contribution in [3.8, 4) is 6.07 Å². The first-order valence-corrected chi connectivity index (χ1v) is 5.25. The first-order chi connectivity index (χ1) is 7.76. The van der Waals surface area contributed by atoms with Crippen molar-refractivity contribution in [2.45, 2.75) is 13.3 Å². The van der Waals surface area contributed by atoms with Crippen molar-refractivity contribution in [1.82, 2.24) is 0 Å². The quantitative estimate of drug-likeness (QED) is 0.685. The first kappa shape index (κ1) is 12.0. The number of nitriles is 1. The van der Waals surface area contributed by atoms with Gasteiger partial charge in [0.1, 0.15) is 0 Å². The zero-order chi connectivity index (χ0) is 12.0. The van der Waals surface area contributed by atoms with Crippen LogP contribution >= 0.6 is 0 Å². The van der Waals surface area contributed by atoms with Gasteiger partial charge in [0.2, 0.25) is 0 Å². The monoisotopic (exact) mass is 209 g/mol. The molecule has 0 amide bonds. The van der Waals surface area contributed by atoms with Crippen LogP contribution < -0.4 is 0 Å². The molecular formula is C15H15N. The third-order valence-corrected chi connectivity index (χ3v) is 2.50. The average Bonchev–Trinajstić information content (AvgIpc) is 2.36. The van der Waals surface area contributed by atoms with E-state index >= 15 is 0 Å². The number of allylic oxidation sites excluding steroid dienone is 4. The Morgan fingerprint density at radius 1 is 1.25 bits per heavy atom. The number of benzene rings is 1. The molecule has 0 spiro atoms. The second-order valence-corrected chi connectivity index (χ2v) is 3.39. The van der Waals surface area contributed by atoms with E-state index in [1.54, 1.807) is 0 Å². The van der Waals surface area contributed by atoms with E-state index in [4.69, 9.17) is 5.26 Å². The summed E-state index contributed by atoms with van der Waals surface area (Å²) in [5.41, 5.74) is 4.00. The third kappa shape index (κ3) is 2.49. The van der Waals surface area contributed by atoms with Crippen LogP contribution in [0.2, 0.25) is 0 Å². The molecule has 0 fully saturated rings. The lowest BCUT2D eigenvalue weighted by atomic mass is 9.97. The van der Waals surface area contributed by atoms with Crippen molar-refractivity contribution in [3.63, 3.8) is 0 Å². The molecule has 0 aliphatic rings. The average molecular weight is 209 g/mol. The molecule has 1 aromatic rings. The van der Waals surface area contributed by atoms with Crippen molar-refractivity contribution in [2.24, 2.45) is 0 Å². The number of hydrogen-bond donors (Lipinski definition) is 0. The van der Waals surface area contributed by atoms with Crippen LogP contribution in [0.25, 0.3) is 5.57 Å². The minimum absolute atomic E-state index is 0.670. The predicted octanol–water partition coefficient (Wildman–Crippen LogP) is 4.09. The summed E-state index contributed by atoms with van der Waals surface area (Å²) in [6, 6.07) is 9.61. The van der Waals surface area contributed by atoms with Crippen LogP contribution in [0.1, 0.15) is 24.5 Å². The van der Waals surface area contributed by atoms with Crippen LogP contribution in [0.4, 0.5) is 0 Å². The van der Waals surface area contributed by atoms with Gasteiger partial charge in [-0.3, -0.25) is 0 Å². The highest BCUT2D eigenvalue weighted by molar-refractivity contribution is 5.78. The number of rotatable bonds is 4. The van der Waals surface area contributed by atoms with Crippen LogP contribution in [-0.2, 0) is 0 Å². The van der Waals surface area contributed by atoms with Gasteiger partial charge in [0.25, 0.3) is 0 Å². The van der Waals surface area contributed by atoms with Gasteiger partial charge in [-0.15, -0.1) is 0 Å². The topological polar surface area (TPSA) is 23.8 Å². The van der Waals surface area contributed by atoms with E-state index in [9.17, 15) is 0 Å². The lowest BCUT2D eigenvalue weighted by molar-refractivity contribution is 1.16. The van der Waals surface area contributed by atoms with Gasteiger partial charge in [-0.25, -0.2) is 0 Å². The number of nitrogens with zero attached hydrogens (tertiary/aromatic N) is 1. The Bertz CT molecular complexity index is 455. The molecule has 0 N–H and O–H groups in total. The van der Waals surface area contributed by atoms with Crippen LogP contribution in [0.5, 0.6) is 0 Å². The fourth-order valence-electron chi connectivity index (χ4n) is 1.60. The van der Waals surface area contributed by atoms with Crippen LogP contribution in [0.15, 0.2) is 55.1 Å². The van der Waals surface area contributed by atoms with Crippen LogP contribution in [-0.4, -0.2) is 0 Å². The molecule has 1 rings (SSSR count). The molecule has 1 aromatic carbocycles. The predicted molar refractivity (Wildman–Crippen MR) is 68.8 cm³/mol. The van der Waals surface area contributed by atoms with Gasteiger partial charge >= 0.3 is 0 Å². The van der Waals surface area contributed by atoms with E-state index in [0.717, 1.165) is 17.6 Å². The molecule has 0 bridgehead atoms. The normalized spacial score (nSPS) is 11.2. The fraction of sp³-hybridized carbons (Fsp3) is 0.133. The highest BCUT2D eigenvalue weighted by Crippen LogP contribution is 2.22. The van der Waals surface area contributed by atoms with E-state index in [1.807, 2.05) is 36.4 Å². The van der Waals surface area contributed by atoms with Gasteiger partial charge in [-0.2, -0.15) is 5.26 Å². The van der Waals surface area contributed by atoms with Crippen molar-refractivity contribution in [1.29, 1.82) is 5.26 Å². The molecule has 80 valence electrons. The van der Waals surface area contributed by atoms with Gasteiger partial charge in [0.05, 0.1) is 11.6 Å². The molecule has 0 aromatic heterocycles. The maximum absolute atomic E-state index is 8.73. The largest absolute Gasteiger partial charge is 0.192 e. The summed E-state index contributed by atoms with van der Waals surface area (Å²) in [6.45, 7) is 9.72. The van der Waals surface area contributed by atoms with E-state index in [1.165, 1.54) is 5.57 Å². The molecular weight excluding hydrogens is 194 g/mol. The first-order valence-electron chi connectivity index (χ1n) is 5.25. The second kappa shape index (κ2) is 5.72. The minimum Gasteiger partial charge on any atom is -0.192 e. The van der Waals surface area contributed by atoms with Crippen molar-refractivity contribution in [3.05, 3.63) is 66.3 Å². The summed E-state index contributed by atoms with van der Waals surface area (Å²) in [4.78, 5) is 0. The molecule has 1 heteroatoms. The molecule has 16 heavy (non-hydrogen) atoms. The lowest BCUT2D eigenvalue weighted by Crippen LogP contribution is -1.87. The Kier molecular flexibility index (Phi) is 4.29. The zero-order valence-corrected chi connectivity index (χ0v) is 9.53. The molecule has 0 aliphatic carbocycles. The smallest absolute Gasteiger partial charge is 0.0991 e. The maximum Gasteiger partial charge on any atom is 0.0991 e. The van der Waals surface area contributed by atoms with E-state index < -0.39 is 0 Å². The summed E-state index contributed by atoms with van der Waals surface area (Å²) in [5.74, 6) is 0. The molecule has 1 nitrogen and oxygen atoms in total. The minimum atomic E-state index is 0.670. The SMILES string of the molecule is C=C/C(CC)=C(\C=C)c1ccc(C#N)cc1. The van der Waals surface area contributed by atoms with Gasteiger partial charge in [-0.05, 0) is 35.3 Å². The van der Waals surface area contributed by atoms with Gasteiger partial charge in [0, 0.05) is 0 Å². The summed E-state index contributed by atoms with van der Waals surface area (Å²) < 4.78 is 0. The van der Waals surface area contributed by atoms with Crippen LogP contribution in [0.3, 0.4) is 0 Å². The Hall–Kier alpha value is -2.07. The Morgan fingerprint density at radius 3 is 2.25 bits per heavy atom. The molecule has 0 radical (unpaired) electrons. The Labute approximate surface area is 97.0 Å². The standard InChI is InChI=1S/C15H15N/c1-4-13(5-2)15(6-3)14-9-7-12(11-16)8-10-14/h4,6-10H,1,3,5H2,2H3/b15-13-. The van der Waals surface area contributed by atoms with Gasteiger partial charge in [-0.1, -0.05) is 44.4 Å². The van der Waals surface area contributed by atoms with E-state index in [0.29, 0.717) is 5.56 Å². The molecule has 0 heterocycles. The third-order valence-electron chi connectivity index (χ3n) is 2.50. The molecule has 0 saturated heterocycles. The summed E-state index contributed by atoms with van der Waals surface area (Å²) in [7, 11) is 0. The Balaban J connectivity index is 3.24. The summed E-state index contributed by atoms with van der Waals surface area (Å²) >= 11 is 0. The van der Waals surface area contributed by atoms with Crippen molar-refractivity contribution >= 4 is 5.57 Å².